The van der Waals surface area contributed by atoms with Crippen LogP contribution in [0.15, 0.2) is 30.3 Å². The van der Waals surface area contributed by atoms with Crippen molar-refractivity contribution in [1.29, 1.82) is 0 Å². The number of carbonyl (C=O) groups is 1. The van der Waals surface area contributed by atoms with E-state index >= 15 is 0 Å². The molecule has 3 saturated heterocycles. The molecular formula is C19H26N2O3. The van der Waals surface area contributed by atoms with Gasteiger partial charge in [0.1, 0.15) is 12.2 Å². The van der Waals surface area contributed by atoms with Gasteiger partial charge in [0.25, 0.3) is 0 Å². The van der Waals surface area contributed by atoms with Gasteiger partial charge in [-0.1, -0.05) is 30.3 Å². The molecule has 130 valence electrons. The molecule has 0 saturated carbocycles. The molecule has 4 rings (SSSR count). The van der Waals surface area contributed by atoms with Crippen LogP contribution in [0, 0.1) is 0 Å². The van der Waals surface area contributed by atoms with Crippen LogP contribution in [-0.2, 0) is 20.9 Å². The number of rotatable bonds is 5. The summed E-state index contributed by atoms with van der Waals surface area (Å²) in [4.78, 5) is 16.7. The summed E-state index contributed by atoms with van der Waals surface area (Å²) in [5.41, 5.74) is 1.01. The fraction of sp³-hybridized carbons (Fsp3) is 0.632. The summed E-state index contributed by atoms with van der Waals surface area (Å²) in [7, 11) is 0. The normalized spacial score (nSPS) is 26.0. The van der Waals surface area contributed by atoms with Crippen LogP contribution in [-0.4, -0.2) is 66.7 Å². The maximum atomic E-state index is 12.2. The molecule has 0 unspecified atom stereocenters. The fourth-order valence-corrected chi connectivity index (χ4v) is 4.13. The Bertz CT molecular complexity index is 565. The van der Waals surface area contributed by atoms with Gasteiger partial charge in [0, 0.05) is 6.04 Å². The molecule has 1 spiro atoms. The summed E-state index contributed by atoms with van der Waals surface area (Å²) in [5.74, 6) is 0.0739. The lowest BCUT2D eigenvalue weighted by molar-refractivity contribution is -0.162. The summed E-state index contributed by atoms with van der Waals surface area (Å²) in [6, 6.07) is 10.5. The highest BCUT2D eigenvalue weighted by atomic mass is 16.5. The van der Waals surface area contributed by atoms with Crippen LogP contribution in [0.4, 0.5) is 0 Å². The molecule has 3 heterocycles. The Morgan fingerprint density at radius 2 is 1.96 bits per heavy atom. The van der Waals surface area contributed by atoms with Crippen molar-refractivity contribution in [2.24, 2.45) is 0 Å². The molecule has 1 aromatic carbocycles. The van der Waals surface area contributed by atoms with Crippen LogP contribution < -0.4 is 0 Å². The smallest absolute Gasteiger partial charge is 0.248 e. The molecule has 0 radical (unpaired) electrons. The zero-order chi connectivity index (χ0) is 16.4. The van der Waals surface area contributed by atoms with E-state index in [-0.39, 0.29) is 18.1 Å². The van der Waals surface area contributed by atoms with Crippen molar-refractivity contribution in [3.63, 3.8) is 0 Å². The van der Waals surface area contributed by atoms with Crippen LogP contribution in [0.1, 0.15) is 24.8 Å². The third kappa shape index (κ3) is 3.34. The zero-order valence-corrected chi connectivity index (χ0v) is 14.2. The number of carbonyl (C=O) groups excluding carboxylic acids is 1. The van der Waals surface area contributed by atoms with E-state index in [1.807, 2.05) is 35.2 Å². The molecule has 5 nitrogen and oxygen atoms in total. The third-order valence-electron chi connectivity index (χ3n) is 5.49. The molecule has 24 heavy (non-hydrogen) atoms. The quantitative estimate of drug-likeness (QED) is 0.824. The predicted octanol–water partition coefficient (Wildman–Crippen LogP) is 1.67. The Kier molecular flexibility index (Phi) is 4.57. The molecule has 0 aromatic heterocycles. The van der Waals surface area contributed by atoms with Crippen molar-refractivity contribution < 1.29 is 14.3 Å². The van der Waals surface area contributed by atoms with Crippen molar-refractivity contribution in [2.45, 2.75) is 37.5 Å². The number of nitrogens with zero attached hydrogens (tertiary/aromatic N) is 2. The topological polar surface area (TPSA) is 42.0 Å². The third-order valence-corrected chi connectivity index (χ3v) is 5.49. The first-order valence-electron chi connectivity index (χ1n) is 9.02. The average Bonchev–Trinajstić information content (AvgIpc) is 3.24. The highest BCUT2D eigenvalue weighted by Gasteiger charge is 2.52. The van der Waals surface area contributed by atoms with Gasteiger partial charge in [0.15, 0.2) is 0 Å². The molecule has 0 bridgehead atoms. The standard InChI is InChI=1S/C19H26N2O3/c22-18(13-23-11-16-6-2-1-3-7-16)21-14-19(15-21)10-17(12-24-19)20-8-4-5-9-20/h1-3,6-7,17H,4-5,8-15H2/t17-/m0/s1. The van der Waals surface area contributed by atoms with Crippen LogP contribution in [0.25, 0.3) is 0 Å². The van der Waals surface area contributed by atoms with Crippen molar-refractivity contribution in [2.75, 3.05) is 39.4 Å². The van der Waals surface area contributed by atoms with Crippen molar-refractivity contribution in [3.05, 3.63) is 35.9 Å². The van der Waals surface area contributed by atoms with E-state index in [0.29, 0.717) is 12.6 Å². The first kappa shape index (κ1) is 16.1. The second-order valence-corrected chi connectivity index (χ2v) is 7.32. The van der Waals surface area contributed by atoms with Gasteiger partial charge in [-0.3, -0.25) is 9.69 Å². The van der Waals surface area contributed by atoms with E-state index in [4.69, 9.17) is 9.47 Å². The van der Waals surface area contributed by atoms with Gasteiger partial charge < -0.3 is 14.4 Å². The summed E-state index contributed by atoms with van der Waals surface area (Å²) >= 11 is 0. The Hall–Kier alpha value is -1.43. The van der Waals surface area contributed by atoms with Crippen LogP contribution in [0.5, 0.6) is 0 Å². The fourth-order valence-electron chi connectivity index (χ4n) is 4.13. The van der Waals surface area contributed by atoms with Crippen LogP contribution in [0.2, 0.25) is 0 Å². The SMILES string of the molecule is O=C(COCc1ccccc1)N1CC2(C[C@H](N3CCCC3)CO2)C1. The van der Waals surface area contributed by atoms with Crippen molar-refractivity contribution in [1.82, 2.24) is 9.80 Å². The minimum Gasteiger partial charge on any atom is -0.370 e. The van der Waals surface area contributed by atoms with Gasteiger partial charge in [-0.2, -0.15) is 0 Å². The van der Waals surface area contributed by atoms with Gasteiger partial charge in [-0.15, -0.1) is 0 Å². The van der Waals surface area contributed by atoms with E-state index in [9.17, 15) is 4.79 Å². The molecule has 0 aliphatic carbocycles. The highest BCUT2D eigenvalue weighted by Crippen LogP contribution is 2.37. The second-order valence-electron chi connectivity index (χ2n) is 7.32. The number of hydrogen-bond donors (Lipinski definition) is 0. The first-order chi connectivity index (χ1) is 11.7. The summed E-state index contributed by atoms with van der Waals surface area (Å²) in [6.45, 7) is 5.34. The first-order valence-corrected chi connectivity index (χ1v) is 9.02. The number of amides is 1. The predicted molar refractivity (Wildman–Crippen MR) is 90.6 cm³/mol. The summed E-state index contributed by atoms with van der Waals surface area (Å²) < 4.78 is 11.6. The molecule has 3 aliphatic rings. The molecule has 0 N–H and O–H groups in total. The van der Waals surface area contributed by atoms with Gasteiger partial charge in [-0.05, 0) is 37.9 Å². The van der Waals surface area contributed by atoms with E-state index in [1.54, 1.807) is 0 Å². The van der Waals surface area contributed by atoms with Gasteiger partial charge in [0.05, 0.1) is 26.3 Å². The van der Waals surface area contributed by atoms with Crippen molar-refractivity contribution in [3.8, 4) is 0 Å². The number of likely N-dealkylation sites (tertiary alicyclic amines) is 2. The lowest BCUT2D eigenvalue weighted by atomic mass is 9.89. The molecule has 5 heteroatoms. The molecular weight excluding hydrogens is 304 g/mol. The Morgan fingerprint density at radius 3 is 2.71 bits per heavy atom. The van der Waals surface area contributed by atoms with E-state index < -0.39 is 0 Å². The summed E-state index contributed by atoms with van der Waals surface area (Å²) in [5, 5.41) is 0. The number of benzene rings is 1. The molecule has 1 atom stereocenters. The Morgan fingerprint density at radius 1 is 1.21 bits per heavy atom. The molecule has 3 aliphatic heterocycles. The van der Waals surface area contributed by atoms with Gasteiger partial charge >= 0.3 is 0 Å². The maximum Gasteiger partial charge on any atom is 0.248 e. The Labute approximate surface area is 143 Å². The van der Waals surface area contributed by atoms with E-state index in [0.717, 1.165) is 31.7 Å². The van der Waals surface area contributed by atoms with E-state index in [2.05, 4.69) is 4.90 Å². The maximum absolute atomic E-state index is 12.2. The zero-order valence-electron chi connectivity index (χ0n) is 14.2. The van der Waals surface area contributed by atoms with Crippen LogP contribution in [0.3, 0.4) is 0 Å². The molecule has 1 aromatic rings. The molecule has 1 amide bonds. The summed E-state index contributed by atoms with van der Waals surface area (Å²) in [6.07, 6.45) is 3.70. The molecule has 3 fully saturated rings. The average molecular weight is 330 g/mol. The van der Waals surface area contributed by atoms with Gasteiger partial charge in [-0.25, -0.2) is 0 Å². The lowest BCUT2D eigenvalue weighted by Crippen LogP contribution is -2.64. The largest absolute Gasteiger partial charge is 0.370 e. The highest BCUT2D eigenvalue weighted by molar-refractivity contribution is 5.78. The number of ether oxygens (including phenoxy) is 2. The van der Waals surface area contributed by atoms with Crippen molar-refractivity contribution >= 4 is 5.91 Å². The van der Waals surface area contributed by atoms with Gasteiger partial charge in [0.2, 0.25) is 5.91 Å². The number of hydrogen-bond acceptors (Lipinski definition) is 4. The Balaban J connectivity index is 1.19. The van der Waals surface area contributed by atoms with Crippen LogP contribution >= 0.6 is 0 Å². The minimum absolute atomic E-state index is 0.0739. The van der Waals surface area contributed by atoms with E-state index in [1.165, 1.54) is 25.9 Å². The monoisotopic (exact) mass is 330 g/mol. The lowest BCUT2D eigenvalue weighted by Gasteiger charge is -2.47. The second kappa shape index (κ2) is 6.82. The minimum atomic E-state index is -0.0810.